The van der Waals surface area contributed by atoms with Gasteiger partial charge in [-0.3, -0.25) is 0 Å². The SMILES string of the molecule is CC1CCCCCC1NC1CCC(c2ccccc2)CC1. The highest BCUT2D eigenvalue weighted by Gasteiger charge is 2.26. The van der Waals surface area contributed by atoms with Gasteiger partial charge in [-0.05, 0) is 55.9 Å². The largest absolute Gasteiger partial charge is 0.311 e. The van der Waals surface area contributed by atoms with Gasteiger partial charge in [-0.1, -0.05) is 56.5 Å². The van der Waals surface area contributed by atoms with Gasteiger partial charge in [0.15, 0.2) is 0 Å². The van der Waals surface area contributed by atoms with Gasteiger partial charge in [-0.2, -0.15) is 0 Å². The molecular weight excluding hydrogens is 254 g/mol. The first-order chi connectivity index (χ1) is 10.3. The molecule has 0 radical (unpaired) electrons. The van der Waals surface area contributed by atoms with E-state index in [2.05, 4.69) is 42.6 Å². The first-order valence-electron chi connectivity index (χ1n) is 9.14. The lowest BCUT2D eigenvalue weighted by Gasteiger charge is -2.34. The Labute approximate surface area is 130 Å². The summed E-state index contributed by atoms with van der Waals surface area (Å²) in [5.41, 5.74) is 1.55. The fourth-order valence-electron chi connectivity index (χ4n) is 4.36. The summed E-state index contributed by atoms with van der Waals surface area (Å²) in [5.74, 6) is 1.68. The average molecular weight is 285 g/mol. The Balaban J connectivity index is 1.49. The quantitative estimate of drug-likeness (QED) is 0.746. The van der Waals surface area contributed by atoms with E-state index >= 15 is 0 Å². The molecule has 0 aliphatic heterocycles. The summed E-state index contributed by atoms with van der Waals surface area (Å²) in [6, 6.07) is 12.7. The molecule has 2 fully saturated rings. The van der Waals surface area contributed by atoms with Crippen LogP contribution in [0.3, 0.4) is 0 Å². The molecule has 1 aromatic rings. The molecule has 0 amide bonds. The van der Waals surface area contributed by atoms with Crippen LogP contribution in [0.4, 0.5) is 0 Å². The second-order valence-electron chi connectivity index (χ2n) is 7.35. The molecule has 0 aromatic heterocycles. The highest BCUT2D eigenvalue weighted by atomic mass is 15.0. The molecule has 2 aliphatic rings. The van der Waals surface area contributed by atoms with Crippen molar-refractivity contribution in [2.24, 2.45) is 5.92 Å². The van der Waals surface area contributed by atoms with Crippen molar-refractivity contribution >= 4 is 0 Å². The van der Waals surface area contributed by atoms with Crippen LogP contribution >= 0.6 is 0 Å². The monoisotopic (exact) mass is 285 g/mol. The van der Waals surface area contributed by atoms with E-state index in [1.807, 2.05) is 0 Å². The van der Waals surface area contributed by atoms with Crippen LogP contribution in [0.1, 0.15) is 76.2 Å². The predicted molar refractivity (Wildman–Crippen MR) is 90.6 cm³/mol. The molecule has 1 nitrogen and oxygen atoms in total. The Morgan fingerprint density at radius 2 is 1.52 bits per heavy atom. The normalized spacial score (nSPS) is 34.3. The maximum absolute atomic E-state index is 4.02. The van der Waals surface area contributed by atoms with Crippen molar-refractivity contribution in [1.82, 2.24) is 5.32 Å². The Morgan fingerprint density at radius 3 is 2.29 bits per heavy atom. The summed E-state index contributed by atoms with van der Waals surface area (Å²) < 4.78 is 0. The minimum atomic E-state index is 0.774. The average Bonchev–Trinajstić information content (AvgIpc) is 2.74. The van der Waals surface area contributed by atoms with E-state index in [1.54, 1.807) is 5.56 Å². The van der Waals surface area contributed by atoms with Crippen molar-refractivity contribution in [3.8, 4) is 0 Å². The van der Waals surface area contributed by atoms with Gasteiger partial charge in [0, 0.05) is 12.1 Å². The molecule has 0 bridgehead atoms. The van der Waals surface area contributed by atoms with Crippen molar-refractivity contribution < 1.29 is 0 Å². The molecule has 0 saturated heterocycles. The van der Waals surface area contributed by atoms with Gasteiger partial charge in [0.25, 0.3) is 0 Å². The zero-order valence-electron chi connectivity index (χ0n) is 13.6. The molecule has 2 aliphatic carbocycles. The lowest BCUT2D eigenvalue weighted by atomic mass is 9.81. The molecule has 0 heterocycles. The molecule has 0 spiro atoms. The number of nitrogens with one attached hydrogen (secondary N) is 1. The van der Waals surface area contributed by atoms with Gasteiger partial charge in [0.05, 0.1) is 0 Å². The topological polar surface area (TPSA) is 12.0 Å². The van der Waals surface area contributed by atoms with Crippen LogP contribution < -0.4 is 5.32 Å². The lowest BCUT2D eigenvalue weighted by molar-refractivity contribution is 0.267. The summed E-state index contributed by atoms with van der Waals surface area (Å²) >= 11 is 0. The van der Waals surface area contributed by atoms with Crippen LogP contribution in [0.2, 0.25) is 0 Å². The third-order valence-electron chi connectivity index (χ3n) is 5.81. The molecule has 2 unspecified atom stereocenters. The summed E-state index contributed by atoms with van der Waals surface area (Å²) in [6.07, 6.45) is 12.6. The van der Waals surface area contributed by atoms with Crippen molar-refractivity contribution in [3.05, 3.63) is 35.9 Å². The van der Waals surface area contributed by atoms with Crippen molar-refractivity contribution in [1.29, 1.82) is 0 Å². The van der Waals surface area contributed by atoms with Crippen LogP contribution in [-0.4, -0.2) is 12.1 Å². The van der Waals surface area contributed by atoms with E-state index < -0.39 is 0 Å². The number of rotatable bonds is 3. The van der Waals surface area contributed by atoms with E-state index in [9.17, 15) is 0 Å². The van der Waals surface area contributed by atoms with Gasteiger partial charge in [0.2, 0.25) is 0 Å². The minimum absolute atomic E-state index is 0.774. The fourth-order valence-corrected chi connectivity index (χ4v) is 4.36. The second kappa shape index (κ2) is 7.45. The molecule has 116 valence electrons. The van der Waals surface area contributed by atoms with E-state index in [0.717, 1.165) is 23.9 Å². The Morgan fingerprint density at radius 1 is 0.810 bits per heavy atom. The molecule has 1 heteroatoms. The van der Waals surface area contributed by atoms with E-state index in [4.69, 9.17) is 0 Å². The summed E-state index contributed by atoms with van der Waals surface area (Å²) in [4.78, 5) is 0. The maximum Gasteiger partial charge on any atom is 0.00952 e. The van der Waals surface area contributed by atoms with Crippen molar-refractivity contribution in [3.63, 3.8) is 0 Å². The van der Waals surface area contributed by atoms with Crippen molar-refractivity contribution in [2.45, 2.75) is 82.7 Å². The van der Waals surface area contributed by atoms with Crippen LogP contribution in [0.15, 0.2) is 30.3 Å². The van der Waals surface area contributed by atoms with Gasteiger partial charge < -0.3 is 5.32 Å². The molecule has 1 aromatic carbocycles. The van der Waals surface area contributed by atoms with E-state index in [0.29, 0.717) is 0 Å². The van der Waals surface area contributed by atoms with Gasteiger partial charge >= 0.3 is 0 Å². The minimum Gasteiger partial charge on any atom is -0.311 e. The van der Waals surface area contributed by atoms with Gasteiger partial charge in [-0.25, -0.2) is 0 Å². The molecule has 1 N–H and O–H groups in total. The highest BCUT2D eigenvalue weighted by molar-refractivity contribution is 5.20. The Kier molecular flexibility index (Phi) is 5.35. The first-order valence-corrected chi connectivity index (χ1v) is 9.14. The number of hydrogen-bond acceptors (Lipinski definition) is 1. The first kappa shape index (κ1) is 15.1. The summed E-state index contributed by atoms with van der Waals surface area (Å²) in [6.45, 7) is 2.46. The Bertz CT molecular complexity index is 405. The van der Waals surface area contributed by atoms with Crippen LogP contribution in [0.25, 0.3) is 0 Å². The number of benzene rings is 1. The number of hydrogen-bond donors (Lipinski definition) is 1. The molecule has 21 heavy (non-hydrogen) atoms. The molecule has 2 atom stereocenters. The van der Waals surface area contributed by atoms with Crippen molar-refractivity contribution in [2.75, 3.05) is 0 Å². The second-order valence-corrected chi connectivity index (χ2v) is 7.35. The zero-order valence-corrected chi connectivity index (χ0v) is 13.6. The van der Waals surface area contributed by atoms with Gasteiger partial charge in [-0.15, -0.1) is 0 Å². The van der Waals surface area contributed by atoms with Gasteiger partial charge in [0.1, 0.15) is 0 Å². The zero-order chi connectivity index (χ0) is 14.5. The van der Waals surface area contributed by atoms with Crippen LogP contribution in [0, 0.1) is 5.92 Å². The summed E-state index contributed by atoms with van der Waals surface area (Å²) in [7, 11) is 0. The van der Waals surface area contributed by atoms with E-state index in [-0.39, 0.29) is 0 Å². The van der Waals surface area contributed by atoms with E-state index in [1.165, 1.54) is 57.8 Å². The van der Waals surface area contributed by atoms with Crippen LogP contribution in [0.5, 0.6) is 0 Å². The molecular formula is C20H31N. The predicted octanol–water partition coefficient (Wildman–Crippen LogP) is 5.27. The third-order valence-corrected chi connectivity index (χ3v) is 5.81. The molecule has 2 saturated carbocycles. The lowest BCUT2D eigenvalue weighted by Crippen LogP contribution is -2.43. The van der Waals surface area contributed by atoms with Crippen LogP contribution in [-0.2, 0) is 0 Å². The smallest absolute Gasteiger partial charge is 0.00952 e. The highest BCUT2D eigenvalue weighted by Crippen LogP contribution is 2.33. The maximum atomic E-state index is 4.02. The standard InChI is InChI=1S/C20H31N/c1-16-8-4-2-7-11-20(16)21-19-14-12-18(13-15-19)17-9-5-3-6-10-17/h3,5-6,9-10,16,18-21H,2,4,7-8,11-15H2,1H3. The summed E-state index contributed by atoms with van der Waals surface area (Å²) in [5, 5.41) is 4.02. The third kappa shape index (κ3) is 4.10. The Hall–Kier alpha value is -0.820. The molecule has 3 rings (SSSR count). The fraction of sp³-hybridized carbons (Fsp3) is 0.700.